The van der Waals surface area contributed by atoms with E-state index in [1.54, 1.807) is 12.1 Å². The number of carbonyl (C=O) groups is 1. The van der Waals surface area contributed by atoms with Crippen molar-refractivity contribution in [1.82, 2.24) is 15.1 Å². The second-order valence-corrected chi connectivity index (χ2v) is 6.02. The van der Waals surface area contributed by atoms with Crippen LogP contribution >= 0.6 is 0 Å². The van der Waals surface area contributed by atoms with Crippen LogP contribution in [0.1, 0.15) is 6.42 Å². The molecule has 0 aromatic heterocycles. The summed E-state index contributed by atoms with van der Waals surface area (Å²) in [5.74, 6) is -0.418. The average molecular weight is 306 g/mol. The van der Waals surface area contributed by atoms with Gasteiger partial charge in [-0.3, -0.25) is 14.6 Å². The number of piperazine rings is 1. The van der Waals surface area contributed by atoms with Crippen LogP contribution in [0, 0.1) is 5.82 Å². The predicted molar refractivity (Wildman–Crippen MR) is 84.3 cm³/mol. The normalized spacial score (nSPS) is 23.6. The van der Waals surface area contributed by atoms with Gasteiger partial charge in [0.15, 0.2) is 0 Å². The summed E-state index contributed by atoms with van der Waals surface area (Å²) in [6.07, 6.45) is 1.22. The van der Waals surface area contributed by atoms with Gasteiger partial charge in [0.05, 0.1) is 6.54 Å². The van der Waals surface area contributed by atoms with Crippen LogP contribution in [0.5, 0.6) is 0 Å². The first kappa shape index (κ1) is 15.4. The van der Waals surface area contributed by atoms with Crippen molar-refractivity contribution in [3.8, 4) is 0 Å². The van der Waals surface area contributed by atoms with E-state index in [0.717, 1.165) is 39.3 Å². The fourth-order valence-electron chi connectivity index (χ4n) is 3.21. The molecule has 22 heavy (non-hydrogen) atoms. The monoisotopic (exact) mass is 306 g/mol. The number of halogens is 1. The van der Waals surface area contributed by atoms with Gasteiger partial charge in [-0.2, -0.15) is 0 Å². The predicted octanol–water partition coefficient (Wildman–Crippen LogP) is 0.744. The third-order valence-corrected chi connectivity index (χ3v) is 4.43. The van der Waals surface area contributed by atoms with Crippen molar-refractivity contribution in [1.29, 1.82) is 0 Å². The van der Waals surface area contributed by atoms with E-state index in [9.17, 15) is 9.18 Å². The molecular weight excluding hydrogens is 283 g/mol. The number of nitrogens with zero attached hydrogens (tertiary/aromatic N) is 2. The summed E-state index contributed by atoms with van der Waals surface area (Å²) in [6.45, 7) is 6.41. The Labute approximate surface area is 130 Å². The molecule has 1 aromatic rings. The first-order valence-corrected chi connectivity index (χ1v) is 7.93. The Hall–Kier alpha value is -1.50. The van der Waals surface area contributed by atoms with E-state index < -0.39 is 0 Å². The lowest BCUT2D eigenvalue weighted by Crippen LogP contribution is -2.52. The van der Waals surface area contributed by atoms with E-state index in [1.165, 1.54) is 18.6 Å². The highest BCUT2D eigenvalue weighted by molar-refractivity contribution is 5.92. The number of carbonyl (C=O) groups excluding carboxylic acids is 1. The van der Waals surface area contributed by atoms with E-state index in [1.807, 2.05) is 0 Å². The van der Waals surface area contributed by atoms with Gasteiger partial charge in [0.25, 0.3) is 0 Å². The maximum absolute atomic E-state index is 13.1. The number of benzene rings is 1. The summed E-state index contributed by atoms with van der Waals surface area (Å²) in [6, 6.07) is 6.66. The van der Waals surface area contributed by atoms with E-state index in [4.69, 9.17) is 0 Å². The quantitative estimate of drug-likeness (QED) is 0.861. The third-order valence-electron chi connectivity index (χ3n) is 4.43. The summed E-state index contributed by atoms with van der Waals surface area (Å²) in [5, 5.41) is 6.15. The van der Waals surface area contributed by atoms with Crippen LogP contribution in [0.15, 0.2) is 24.3 Å². The number of rotatable bonds is 4. The van der Waals surface area contributed by atoms with Gasteiger partial charge in [0.1, 0.15) is 5.82 Å². The highest BCUT2D eigenvalue weighted by atomic mass is 19.1. The van der Waals surface area contributed by atoms with E-state index in [-0.39, 0.29) is 11.7 Å². The van der Waals surface area contributed by atoms with E-state index >= 15 is 0 Å². The van der Waals surface area contributed by atoms with Gasteiger partial charge in [-0.05, 0) is 31.2 Å². The van der Waals surface area contributed by atoms with Gasteiger partial charge in [-0.1, -0.05) is 6.07 Å². The molecule has 2 fully saturated rings. The topological polar surface area (TPSA) is 47.6 Å². The first-order chi connectivity index (χ1) is 10.7. The minimum absolute atomic E-state index is 0.0819. The molecule has 1 aromatic carbocycles. The smallest absolute Gasteiger partial charge is 0.238 e. The molecule has 2 saturated heterocycles. The van der Waals surface area contributed by atoms with Crippen LogP contribution in [0.3, 0.4) is 0 Å². The van der Waals surface area contributed by atoms with E-state index in [0.29, 0.717) is 18.3 Å². The molecule has 2 aliphatic rings. The lowest BCUT2D eigenvalue weighted by atomic mass is 10.2. The Kier molecular flexibility index (Phi) is 5.02. The van der Waals surface area contributed by atoms with Crippen molar-refractivity contribution in [2.45, 2.75) is 12.5 Å². The van der Waals surface area contributed by atoms with Crippen molar-refractivity contribution in [2.24, 2.45) is 0 Å². The number of amides is 1. The van der Waals surface area contributed by atoms with Crippen molar-refractivity contribution in [2.75, 3.05) is 51.1 Å². The number of anilines is 1. The fraction of sp³-hybridized carbons (Fsp3) is 0.562. The highest BCUT2D eigenvalue weighted by Crippen LogP contribution is 2.12. The summed E-state index contributed by atoms with van der Waals surface area (Å²) in [7, 11) is 0. The number of hydrogen-bond acceptors (Lipinski definition) is 4. The molecule has 0 saturated carbocycles. The zero-order chi connectivity index (χ0) is 15.4. The molecule has 2 aliphatic heterocycles. The molecule has 0 aliphatic carbocycles. The third kappa shape index (κ3) is 4.03. The van der Waals surface area contributed by atoms with Crippen molar-refractivity contribution in [3.63, 3.8) is 0 Å². The minimum atomic E-state index is -0.336. The molecule has 1 amide bonds. The average Bonchev–Trinajstić information content (AvgIpc) is 3.02. The Bertz CT molecular complexity index is 511. The fourth-order valence-corrected chi connectivity index (χ4v) is 3.21. The molecule has 0 radical (unpaired) electrons. The van der Waals surface area contributed by atoms with Gasteiger partial charge in [-0.15, -0.1) is 0 Å². The van der Waals surface area contributed by atoms with Crippen molar-refractivity contribution < 1.29 is 9.18 Å². The lowest BCUT2D eigenvalue weighted by molar-refractivity contribution is -0.117. The molecule has 120 valence electrons. The molecule has 5 nitrogen and oxygen atoms in total. The van der Waals surface area contributed by atoms with Gasteiger partial charge in [0.2, 0.25) is 5.91 Å². The zero-order valence-corrected chi connectivity index (χ0v) is 12.7. The summed E-state index contributed by atoms with van der Waals surface area (Å²) in [4.78, 5) is 16.7. The van der Waals surface area contributed by atoms with Crippen LogP contribution in [-0.2, 0) is 4.79 Å². The Morgan fingerprint density at radius 2 is 2.14 bits per heavy atom. The molecular formula is C16H23FN4O. The molecule has 0 bridgehead atoms. The Morgan fingerprint density at radius 1 is 1.32 bits per heavy atom. The maximum atomic E-state index is 13.1. The molecule has 6 heteroatoms. The summed E-state index contributed by atoms with van der Waals surface area (Å²) >= 11 is 0. The van der Waals surface area contributed by atoms with Gasteiger partial charge < -0.3 is 10.6 Å². The van der Waals surface area contributed by atoms with Crippen LogP contribution in [0.25, 0.3) is 0 Å². The van der Waals surface area contributed by atoms with Gasteiger partial charge in [-0.25, -0.2) is 4.39 Å². The standard InChI is InChI=1S/C16H23FN4O/c17-13-2-1-3-14(10-13)19-16(22)12-20-6-8-21(9-7-20)15-4-5-18-11-15/h1-3,10,15,18H,4-9,11-12H2,(H,19,22). The molecule has 1 atom stereocenters. The maximum Gasteiger partial charge on any atom is 0.238 e. The van der Waals surface area contributed by atoms with Crippen molar-refractivity contribution >= 4 is 11.6 Å². The highest BCUT2D eigenvalue weighted by Gasteiger charge is 2.26. The first-order valence-electron chi connectivity index (χ1n) is 7.93. The van der Waals surface area contributed by atoms with Crippen LogP contribution in [0.4, 0.5) is 10.1 Å². The minimum Gasteiger partial charge on any atom is -0.325 e. The number of hydrogen-bond donors (Lipinski definition) is 2. The Morgan fingerprint density at radius 3 is 2.82 bits per heavy atom. The van der Waals surface area contributed by atoms with Crippen LogP contribution in [-0.4, -0.2) is 67.6 Å². The van der Waals surface area contributed by atoms with Gasteiger partial charge >= 0.3 is 0 Å². The number of nitrogens with one attached hydrogen (secondary N) is 2. The second kappa shape index (κ2) is 7.17. The van der Waals surface area contributed by atoms with E-state index in [2.05, 4.69) is 20.4 Å². The molecule has 1 unspecified atom stereocenters. The largest absolute Gasteiger partial charge is 0.325 e. The van der Waals surface area contributed by atoms with Crippen molar-refractivity contribution in [3.05, 3.63) is 30.1 Å². The lowest BCUT2D eigenvalue weighted by Gasteiger charge is -2.37. The zero-order valence-electron chi connectivity index (χ0n) is 12.7. The molecule has 2 heterocycles. The second-order valence-electron chi connectivity index (χ2n) is 6.02. The molecule has 3 rings (SSSR count). The SMILES string of the molecule is O=C(CN1CCN(C2CCNC2)CC1)Nc1cccc(F)c1. The van der Waals surface area contributed by atoms with Crippen LogP contribution in [0.2, 0.25) is 0 Å². The Balaban J connectivity index is 1.43. The summed E-state index contributed by atoms with van der Waals surface area (Å²) < 4.78 is 13.1. The molecule has 2 N–H and O–H groups in total. The summed E-state index contributed by atoms with van der Waals surface area (Å²) in [5.41, 5.74) is 0.515. The van der Waals surface area contributed by atoms with Crippen LogP contribution < -0.4 is 10.6 Å². The molecule has 0 spiro atoms. The van der Waals surface area contributed by atoms with Gasteiger partial charge in [0, 0.05) is 44.5 Å².